The number of hydrogen-bond acceptors (Lipinski definition) is 2. The minimum Gasteiger partial charge on any atom is -0.361 e. The normalized spacial score (nSPS) is 11.0. The van der Waals surface area contributed by atoms with Gasteiger partial charge in [-0.1, -0.05) is 0 Å². The Labute approximate surface area is 54.0 Å². The van der Waals surface area contributed by atoms with E-state index in [-0.39, 0.29) is 0 Å². The molecule has 0 aliphatic heterocycles. The van der Waals surface area contributed by atoms with Crippen LogP contribution in [-0.4, -0.2) is 24.0 Å². The van der Waals surface area contributed by atoms with Crippen molar-refractivity contribution in [3.63, 3.8) is 0 Å². The number of sulfone groups is 1. The molecule has 0 atom stereocenters. The molecule has 52 valence electrons. The van der Waals surface area contributed by atoms with E-state index in [1.165, 1.54) is 13.8 Å². The maximum Gasteiger partial charge on any atom is 0.370 e. The Bertz CT molecular complexity index is 223. The first-order valence-electron chi connectivity index (χ1n) is 2.42. The van der Waals surface area contributed by atoms with E-state index >= 15 is 0 Å². The van der Waals surface area contributed by atoms with Gasteiger partial charge in [0.05, 0.1) is 5.25 Å². The smallest absolute Gasteiger partial charge is 0.361 e. The number of nitrogens with zero attached hydrogens (tertiary/aromatic N) is 2. The van der Waals surface area contributed by atoms with E-state index in [1.807, 2.05) is 0 Å². The van der Waals surface area contributed by atoms with Crippen LogP contribution in [0.25, 0.3) is 5.53 Å². The fraction of sp³-hybridized carbons (Fsp3) is 0.750. The molecule has 9 heavy (non-hydrogen) atoms. The zero-order valence-corrected chi connectivity index (χ0v) is 6.09. The van der Waals surface area contributed by atoms with Gasteiger partial charge < -0.3 is 5.53 Å². The van der Waals surface area contributed by atoms with Crippen molar-refractivity contribution in [2.24, 2.45) is 0 Å². The lowest BCUT2D eigenvalue weighted by molar-refractivity contribution is 0.00749. The Balaban J connectivity index is 4.62. The molecule has 0 unspecified atom stereocenters. The van der Waals surface area contributed by atoms with Crippen LogP contribution in [0.4, 0.5) is 0 Å². The summed E-state index contributed by atoms with van der Waals surface area (Å²) in [4.78, 5) is 2.42. The van der Waals surface area contributed by atoms with Crippen LogP contribution in [0.1, 0.15) is 13.8 Å². The minimum absolute atomic E-state index is 0.520. The highest BCUT2D eigenvalue weighted by atomic mass is 32.2. The van der Waals surface area contributed by atoms with Gasteiger partial charge in [0.15, 0.2) is 0 Å². The van der Waals surface area contributed by atoms with Crippen molar-refractivity contribution in [2.45, 2.75) is 19.1 Å². The predicted octanol–water partition coefficient (Wildman–Crippen LogP) is 0.0677. The zero-order chi connectivity index (χ0) is 7.49. The van der Waals surface area contributed by atoms with Gasteiger partial charge in [0.25, 0.3) is 0 Å². The molecule has 0 bridgehead atoms. The zero-order valence-electron chi connectivity index (χ0n) is 5.27. The SMILES string of the molecule is CC(C)S(=O)(=O)C=[N+]=[N-]. The predicted molar refractivity (Wildman–Crippen MR) is 33.7 cm³/mol. The van der Waals surface area contributed by atoms with Crippen molar-refractivity contribution >= 4 is 15.4 Å². The summed E-state index contributed by atoms with van der Waals surface area (Å²) >= 11 is 0. The average Bonchev–Trinajstić information content (AvgIpc) is 1.65. The number of rotatable bonds is 2. The van der Waals surface area contributed by atoms with Gasteiger partial charge in [-0.15, -0.1) is 0 Å². The second-order valence-electron chi connectivity index (χ2n) is 1.86. The van der Waals surface area contributed by atoms with Crippen molar-refractivity contribution in [3.8, 4) is 0 Å². The fourth-order valence-electron chi connectivity index (χ4n) is 0.187. The van der Waals surface area contributed by atoms with Crippen molar-refractivity contribution in [1.29, 1.82) is 0 Å². The van der Waals surface area contributed by atoms with Crippen LogP contribution in [0, 0.1) is 0 Å². The summed E-state index contributed by atoms with van der Waals surface area (Å²) in [6.07, 6.45) is 0. The summed E-state index contributed by atoms with van der Waals surface area (Å²) in [5, 5.41) is -0.520. The maximum absolute atomic E-state index is 10.6. The van der Waals surface area contributed by atoms with E-state index in [4.69, 9.17) is 5.53 Å². The van der Waals surface area contributed by atoms with Crippen LogP contribution in [0.2, 0.25) is 0 Å². The molecule has 0 N–H and O–H groups in total. The molecule has 0 aromatic heterocycles. The van der Waals surface area contributed by atoms with Crippen molar-refractivity contribution in [2.75, 3.05) is 0 Å². The van der Waals surface area contributed by atoms with E-state index in [0.717, 1.165) is 0 Å². The molecule has 0 rings (SSSR count). The Hall–Kier alpha value is -0.670. The summed E-state index contributed by atoms with van der Waals surface area (Å²) < 4.78 is 21.2. The van der Waals surface area contributed by atoms with E-state index in [2.05, 4.69) is 4.79 Å². The van der Waals surface area contributed by atoms with Gasteiger partial charge >= 0.3 is 5.55 Å². The lowest BCUT2D eigenvalue weighted by Crippen LogP contribution is -2.14. The van der Waals surface area contributed by atoms with Gasteiger partial charge in [0, 0.05) is 0 Å². The largest absolute Gasteiger partial charge is 0.370 e. The third kappa shape index (κ3) is 2.39. The number of hydrogen-bond donors (Lipinski definition) is 0. The summed E-state index contributed by atoms with van der Waals surface area (Å²) in [7, 11) is -3.29. The average molecular weight is 148 g/mol. The monoisotopic (exact) mass is 148 g/mol. The molecule has 0 aliphatic rings. The molecule has 0 amide bonds. The second kappa shape index (κ2) is 2.75. The quantitative estimate of drug-likeness (QED) is 0.240. The highest BCUT2D eigenvalue weighted by molar-refractivity contribution is 8.04. The first-order valence-corrected chi connectivity index (χ1v) is 4.03. The second-order valence-corrected chi connectivity index (χ2v) is 4.19. The Morgan fingerprint density at radius 3 is 2.11 bits per heavy atom. The summed E-state index contributed by atoms with van der Waals surface area (Å²) in [6.45, 7) is 3.02. The van der Waals surface area contributed by atoms with Gasteiger partial charge in [-0.25, -0.2) is 8.42 Å². The fourth-order valence-corrected chi connectivity index (χ4v) is 0.562. The van der Waals surface area contributed by atoms with Crippen LogP contribution in [0.15, 0.2) is 0 Å². The summed E-state index contributed by atoms with van der Waals surface area (Å²) in [5.74, 6) is 0. The first-order chi connectivity index (χ1) is 4.00. The Kier molecular flexibility index (Phi) is 2.55. The van der Waals surface area contributed by atoms with Crippen molar-refractivity contribution in [3.05, 3.63) is 5.53 Å². The van der Waals surface area contributed by atoms with E-state index in [9.17, 15) is 8.42 Å². The molecule has 5 heteroatoms. The van der Waals surface area contributed by atoms with Crippen molar-refractivity contribution < 1.29 is 13.2 Å². The molecule has 0 saturated heterocycles. The standard InChI is InChI=1S/C4H8N2O2S/c1-4(2)9(7,8)3-6-5/h3-4H,1-2H3. The molecule has 0 radical (unpaired) electrons. The first kappa shape index (κ1) is 8.33. The highest BCUT2D eigenvalue weighted by Gasteiger charge is 2.16. The van der Waals surface area contributed by atoms with Gasteiger partial charge in [-0.3, -0.25) is 0 Å². The maximum atomic E-state index is 10.6. The van der Waals surface area contributed by atoms with Gasteiger partial charge in [-0.2, -0.15) is 4.79 Å². The minimum atomic E-state index is -3.29. The van der Waals surface area contributed by atoms with E-state index in [0.29, 0.717) is 5.55 Å². The Morgan fingerprint density at radius 1 is 1.56 bits per heavy atom. The van der Waals surface area contributed by atoms with Crippen LogP contribution in [0.3, 0.4) is 0 Å². The van der Waals surface area contributed by atoms with Crippen LogP contribution < -0.4 is 0 Å². The van der Waals surface area contributed by atoms with Crippen molar-refractivity contribution in [1.82, 2.24) is 0 Å². The lowest BCUT2D eigenvalue weighted by atomic mass is 10.6. The molecule has 0 aromatic carbocycles. The topological polar surface area (TPSA) is 70.5 Å². The van der Waals surface area contributed by atoms with Gasteiger partial charge in [-0.05, 0) is 13.8 Å². The summed E-state index contributed by atoms with van der Waals surface area (Å²) in [6, 6.07) is 0. The lowest BCUT2D eigenvalue weighted by Gasteiger charge is -1.93. The molecule has 4 nitrogen and oxygen atoms in total. The molecular formula is C4H8N2O2S. The molecule has 0 aliphatic carbocycles. The van der Waals surface area contributed by atoms with E-state index < -0.39 is 15.1 Å². The van der Waals surface area contributed by atoms with Crippen LogP contribution >= 0.6 is 0 Å². The van der Waals surface area contributed by atoms with Gasteiger partial charge in [0.2, 0.25) is 9.84 Å². The molecular weight excluding hydrogens is 140 g/mol. The summed E-state index contributed by atoms with van der Waals surface area (Å²) in [5.41, 5.74) is 8.38. The molecule has 0 heterocycles. The van der Waals surface area contributed by atoms with Crippen LogP contribution in [-0.2, 0) is 9.84 Å². The molecule has 0 aromatic rings. The third-order valence-corrected chi connectivity index (χ3v) is 2.55. The van der Waals surface area contributed by atoms with E-state index in [1.54, 1.807) is 0 Å². The molecule has 0 fully saturated rings. The Morgan fingerprint density at radius 2 is 2.00 bits per heavy atom. The highest BCUT2D eigenvalue weighted by Crippen LogP contribution is 1.94. The molecule has 0 saturated carbocycles. The van der Waals surface area contributed by atoms with Crippen LogP contribution in [0.5, 0.6) is 0 Å². The third-order valence-electron chi connectivity index (χ3n) is 0.851. The molecule has 0 spiro atoms. The van der Waals surface area contributed by atoms with Gasteiger partial charge in [0.1, 0.15) is 0 Å².